The molecule has 0 saturated heterocycles. The molecule has 35 heavy (non-hydrogen) atoms. The molecule has 0 aromatic heterocycles. The second kappa shape index (κ2) is 10.8. The fraction of sp³-hybridized carbons (Fsp3) is 0.148. The number of carbonyl (C=O) groups excluding carboxylic acids is 1. The molecule has 0 unspecified atom stereocenters. The van der Waals surface area contributed by atoms with Gasteiger partial charge in [0, 0.05) is 11.6 Å². The zero-order valence-corrected chi connectivity index (χ0v) is 20.7. The fourth-order valence-corrected chi connectivity index (χ4v) is 5.36. The van der Waals surface area contributed by atoms with Gasteiger partial charge in [-0.3, -0.25) is 9.10 Å². The molecule has 0 aliphatic rings. The van der Waals surface area contributed by atoms with Crippen LogP contribution in [-0.2, 0) is 21.4 Å². The van der Waals surface area contributed by atoms with Crippen molar-refractivity contribution in [3.63, 3.8) is 0 Å². The van der Waals surface area contributed by atoms with Gasteiger partial charge in [-0.05, 0) is 59.7 Å². The Labute approximate surface area is 210 Å². The topological polar surface area (TPSA) is 75.7 Å². The average Bonchev–Trinajstić information content (AvgIpc) is 2.87. The summed E-state index contributed by atoms with van der Waals surface area (Å²) >= 11 is 5.96. The molecule has 0 heterocycles. The summed E-state index contributed by atoms with van der Waals surface area (Å²) in [6.07, 6.45) is 0. The van der Waals surface area contributed by atoms with Crippen molar-refractivity contribution in [1.29, 1.82) is 0 Å². The minimum absolute atomic E-state index is 0.0232. The van der Waals surface area contributed by atoms with Gasteiger partial charge in [0.25, 0.3) is 10.0 Å². The van der Waals surface area contributed by atoms with Gasteiger partial charge in [0.2, 0.25) is 5.91 Å². The number of halogens is 1. The van der Waals surface area contributed by atoms with Gasteiger partial charge in [0.05, 0.1) is 17.2 Å². The summed E-state index contributed by atoms with van der Waals surface area (Å²) in [4.78, 5) is 13.1. The van der Waals surface area contributed by atoms with Crippen molar-refractivity contribution >= 4 is 44.0 Å². The number of nitrogens with one attached hydrogen (secondary N) is 1. The molecule has 0 aliphatic carbocycles. The van der Waals surface area contributed by atoms with Gasteiger partial charge in [-0.2, -0.15) is 0 Å². The molecule has 0 radical (unpaired) electrons. The van der Waals surface area contributed by atoms with E-state index in [-0.39, 0.29) is 17.1 Å². The first kappa shape index (κ1) is 24.6. The molecule has 1 amide bonds. The van der Waals surface area contributed by atoms with Crippen LogP contribution in [0.1, 0.15) is 12.5 Å². The van der Waals surface area contributed by atoms with E-state index in [1.165, 1.54) is 24.3 Å². The quantitative estimate of drug-likeness (QED) is 0.328. The van der Waals surface area contributed by atoms with Crippen LogP contribution < -0.4 is 14.4 Å². The molecule has 0 bridgehead atoms. The van der Waals surface area contributed by atoms with E-state index < -0.39 is 22.5 Å². The number of sulfonamides is 1. The smallest absolute Gasteiger partial charge is 0.264 e. The van der Waals surface area contributed by atoms with E-state index >= 15 is 0 Å². The molecule has 4 rings (SSSR count). The predicted molar refractivity (Wildman–Crippen MR) is 139 cm³/mol. The molecule has 8 heteroatoms. The lowest BCUT2D eigenvalue weighted by Gasteiger charge is -2.26. The fourth-order valence-electron chi connectivity index (χ4n) is 3.80. The molecule has 0 aliphatic heterocycles. The highest BCUT2D eigenvalue weighted by molar-refractivity contribution is 7.92. The predicted octanol–water partition coefficient (Wildman–Crippen LogP) is 5.40. The van der Waals surface area contributed by atoms with Gasteiger partial charge in [0.1, 0.15) is 12.3 Å². The molecule has 4 aromatic carbocycles. The molecule has 6 nitrogen and oxygen atoms in total. The van der Waals surface area contributed by atoms with Crippen LogP contribution in [0.3, 0.4) is 0 Å². The largest absolute Gasteiger partial charge is 0.492 e. The molecule has 4 aromatic rings. The van der Waals surface area contributed by atoms with Crippen LogP contribution in [0.5, 0.6) is 5.75 Å². The SMILES string of the molecule is CCOc1ccccc1N(CC(=O)NCc1cccc2ccccc12)S(=O)(=O)c1ccc(Cl)cc1. The van der Waals surface area contributed by atoms with Crippen LogP contribution in [0.2, 0.25) is 5.02 Å². The highest BCUT2D eigenvalue weighted by Crippen LogP contribution is 2.32. The Morgan fingerprint density at radius 1 is 0.914 bits per heavy atom. The summed E-state index contributed by atoms with van der Waals surface area (Å²) in [5, 5.41) is 5.38. The number of hydrogen-bond acceptors (Lipinski definition) is 4. The van der Waals surface area contributed by atoms with E-state index in [0.717, 1.165) is 20.6 Å². The van der Waals surface area contributed by atoms with Gasteiger partial charge in [-0.25, -0.2) is 8.42 Å². The third kappa shape index (κ3) is 5.58. The average molecular weight is 509 g/mol. The Balaban J connectivity index is 1.63. The second-order valence-corrected chi connectivity index (χ2v) is 10.1. The number of para-hydroxylation sites is 2. The molecular weight excluding hydrogens is 484 g/mol. The number of rotatable bonds is 9. The number of anilines is 1. The number of benzene rings is 4. The molecule has 180 valence electrons. The molecule has 0 fully saturated rings. The van der Waals surface area contributed by atoms with Crippen LogP contribution in [-0.4, -0.2) is 27.5 Å². The number of nitrogens with zero attached hydrogens (tertiary/aromatic N) is 1. The summed E-state index contributed by atoms with van der Waals surface area (Å²) in [6, 6.07) is 26.4. The molecule has 0 spiro atoms. The first-order valence-electron chi connectivity index (χ1n) is 11.1. The minimum Gasteiger partial charge on any atom is -0.492 e. The van der Waals surface area contributed by atoms with Crippen molar-refractivity contribution in [2.75, 3.05) is 17.5 Å². The summed E-state index contributed by atoms with van der Waals surface area (Å²) in [5.41, 5.74) is 1.22. The van der Waals surface area contributed by atoms with Crippen molar-refractivity contribution < 1.29 is 17.9 Å². The minimum atomic E-state index is -4.09. The van der Waals surface area contributed by atoms with Crippen molar-refractivity contribution in [2.24, 2.45) is 0 Å². The Kier molecular flexibility index (Phi) is 7.58. The van der Waals surface area contributed by atoms with Crippen LogP contribution in [0.4, 0.5) is 5.69 Å². The maximum atomic E-state index is 13.6. The van der Waals surface area contributed by atoms with Gasteiger partial charge in [-0.15, -0.1) is 0 Å². The van der Waals surface area contributed by atoms with Gasteiger partial charge >= 0.3 is 0 Å². The van der Waals surface area contributed by atoms with E-state index in [4.69, 9.17) is 16.3 Å². The lowest BCUT2D eigenvalue weighted by molar-refractivity contribution is -0.119. The normalized spacial score (nSPS) is 11.3. The van der Waals surface area contributed by atoms with Gasteiger partial charge in [-0.1, -0.05) is 66.2 Å². The van der Waals surface area contributed by atoms with Gasteiger partial charge in [0.15, 0.2) is 0 Å². The van der Waals surface area contributed by atoms with Crippen molar-refractivity contribution in [1.82, 2.24) is 5.32 Å². The maximum absolute atomic E-state index is 13.6. The lowest BCUT2D eigenvalue weighted by atomic mass is 10.0. The van der Waals surface area contributed by atoms with Crippen molar-refractivity contribution in [2.45, 2.75) is 18.4 Å². The monoisotopic (exact) mass is 508 g/mol. The number of carbonyl (C=O) groups is 1. The molecular formula is C27H25ClN2O4S. The van der Waals surface area contributed by atoms with Crippen LogP contribution in [0, 0.1) is 0 Å². The Hall–Kier alpha value is -3.55. The number of ether oxygens (including phenoxy) is 1. The second-order valence-electron chi connectivity index (χ2n) is 7.78. The number of amides is 1. The van der Waals surface area contributed by atoms with Crippen LogP contribution in [0.15, 0.2) is 95.9 Å². The first-order valence-corrected chi connectivity index (χ1v) is 13.0. The van der Waals surface area contributed by atoms with Crippen LogP contribution >= 0.6 is 11.6 Å². The zero-order chi connectivity index (χ0) is 24.8. The van der Waals surface area contributed by atoms with Crippen molar-refractivity contribution in [3.8, 4) is 5.75 Å². The zero-order valence-electron chi connectivity index (χ0n) is 19.1. The molecule has 0 atom stereocenters. The summed E-state index contributed by atoms with van der Waals surface area (Å²) in [7, 11) is -4.09. The molecule has 0 saturated carbocycles. The number of fused-ring (bicyclic) bond motifs is 1. The molecule has 1 N–H and O–H groups in total. The van der Waals surface area contributed by atoms with Gasteiger partial charge < -0.3 is 10.1 Å². The first-order chi connectivity index (χ1) is 16.9. The lowest BCUT2D eigenvalue weighted by Crippen LogP contribution is -2.41. The highest BCUT2D eigenvalue weighted by atomic mass is 35.5. The number of hydrogen-bond donors (Lipinski definition) is 1. The third-order valence-electron chi connectivity index (χ3n) is 5.48. The summed E-state index contributed by atoms with van der Waals surface area (Å²) in [6.45, 7) is 2.01. The van der Waals surface area contributed by atoms with E-state index in [0.29, 0.717) is 17.4 Å². The van der Waals surface area contributed by atoms with Crippen LogP contribution in [0.25, 0.3) is 10.8 Å². The Morgan fingerprint density at radius 3 is 2.37 bits per heavy atom. The maximum Gasteiger partial charge on any atom is 0.264 e. The van der Waals surface area contributed by atoms with Crippen molar-refractivity contribution in [3.05, 3.63) is 102 Å². The van der Waals surface area contributed by atoms with E-state index in [1.54, 1.807) is 24.3 Å². The summed E-state index contributed by atoms with van der Waals surface area (Å²) in [5.74, 6) is -0.0730. The Bertz CT molecular complexity index is 1430. The third-order valence-corrected chi connectivity index (χ3v) is 7.50. The van der Waals surface area contributed by atoms with E-state index in [9.17, 15) is 13.2 Å². The Morgan fingerprint density at radius 2 is 1.60 bits per heavy atom. The standard InChI is InChI=1S/C27H25ClN2O4S/c1-2-34-26-13-6-5-12-25(26)30(35(32,33)23-16-14-22(28)15-17-23)19-27(31)29-18-21-10-7-9-20-8-3-4-11-24(20)21/h3-17H,2,18-19H2,1H3,(H,29,31). The van der Waals surface area contributed by atoms with E-state index in [1.807, 2.05) is 49.4 Å². The highest BCUT2D eigenvalue weighted by Gasteiger charge is 2.29. The summed E-state index contributed by atoms with van der Waals surface area (Å²) < 4.78 is 34.0. The van der Waals surface area contributed by atoms with E-state index in [2.05, 4.69) is 5.32 Å².